The van der Waals surface area contributed by atoms with Crippen LogP contribution in [0.4, 0.5) is 0 Å². The number of carbonyl (C=O) groups excluding carboxylic acids is 1. The van der Waals surface area contributed by atoms with E-state index in [0.717, 1.165) is 18.5 Å². The molecule has 0 saturated carbocycles. The standard InChI is InChI=1S/C17H25N3O/c1-12(16(18)13-6-3-2-4-7-13)17(21)19-14-9-11-20-10-5-8-15(14)20/h2-4,6-7,12,14-16H,5,8-11,18H2,1H3,(H,19,21). The van der Waals surface area contributed by atoms with E-state index in [-0.39, 0.29) is 17.9 Å². The molecule has 4 atom stereocenters. The lowest BCUT2D eigenvalue weighted by Gasteiger charge is -2.25. The highest BCUT2D eigenvalue weighted by Crippen LogP contribution is 2.28. The molecule has 1 aromatic carbocycles. The van der Waals surface area contributed by atoms with Crippen molar-refractivity contribution in [3.8, 4) is 0 Å². The fourth-order valence-corrected chi connectivity index (χ4v) is 3.69. The molecule has 1 amide bonds. The van der Waals surface area contributed by atoms with Gasteiger partial charge in [0.1, 0.15) is 0 Å². The minimum Gasteiger partial charge on any atom is -0.351 e. The Hall–Kier alpha value is -1.39. The summed E-state index contributed by atoms with van der Waals surface area (Å²) in [5.41, 5.74) is 7.27. The summed E-state index contributed by atoms with van der Waals surface area (Å²) in [5, 5.41) is 3.24. The van der Waals surface area contributed by atoms with Crippen LogP contribution < -0.4 is 11.1 Å². The molecule has 0 radical (unpaired) electrons. The summed E-state index contributed by atoms with van der Waals surface area (Å²) in [6.45, 7) is 4.24. The van der Waals surface area contributed by atoms with E-state index in [1.807, 2.05) is 37.3 Å². The van der Waals surface area contributed by atoms with Crippen LogP contribution in [0.3, 0.4) is 0 Å². The van der Waals surface area contributed by atoms with Crippen LogP contribution in [-0.2, 0) is 4.79 Å². The van der Waals surface area contributed by atoms with Crippen molar-refractivity contribution >= 4 is 5.91 Å². The van der Waals surface area contributed by atoms with Crippen molar-refractivity contribution in [2.24, 2.45) is 11.7 Å². The Morgan fingerprint density at radius 2 is 2.05 bits per heavy atom. The Morgan fingerprint density at radius 3 is 2.81 bits per heavy atom. The number of nitrogens with two attached hydrogens (primary N) is 1. The monoisotopic (exact) mass is 287 g/mol. The van der Waals surface area contributed by atoms with E-state index in [0.29, 0.717) is 12.1 Å². The second-order valence-corrected chi connectivity index (χ2v) is 6.37. The zero-order valence-corrected chi connectivity index (χ0v) is 12.7. The minimum atomic E-state index is -0.243. The summed E-state index contributed by atoms with van der Waals surface area (Å²) >= 11 is 0. The highest BCUT2D eigenvalue weighted by atomic mass is 16.2. The molecule has 0 bridgehead atoms. The molecule has 3 rings (SSSR count). The fourth-order valence-electron chi connectivity index (χ4n) is 3.69. The van der Waals surface area contributed by atoms with Gasteiger partial charge in [0.05, 0.1) is 5.92 Å². The number of nitrogens with zero attached hydrogens (tertiary/aromatic N) is 1. The van der Waals surface area contributed by atoms with Crippen LogP contribution in [0.15, 0.2) is 30.3 Å². The quantitative estimate of drug-likeness (QED) is 0.886. The van der Waals surface area contributed by atoms with Crippen molar-refractivity contribution < 1.29 is 4.79 Å². The number of nitrogens with one attached hydrogen (secondary N) is 1. The Morgan fingerprint density at radius 1 is 1.29 bits per heavy atom. The van der Waals surface area contributed by atoms with Gasteiger partial charge >= 0.3 is 0 Å². The van der Waals surface area contributed by atoms with Crippen molar-refractivity contribution in [2.75, 3.05) is 13.1 Å². The van der Waals surface area contributed by atoms with Gasteiger partial charge in [-0.15, -0.1) is 0 Å². The van der Waals surface area contributed by atoms with Crippen LogP contribution >= 0.6 is 0 Å². The lowest BCUT2D eigenvalue weighted by atomic mass is 9.94. The van der Waals surface area contributed by atoms with Crippen LogP contribution in [0.5, 0.6) is 0 Å². The summed E-state index contributed by atoms with van der Waals surface area (Å²) in [5.74, 6) is -0.118. The molecule has 21 heavy (non-hydrogen) atoms. The number of fused-ring (bicyclic) bond motifs is 1. The number of benzene rings is 1. The SMILES string of the molecule is CC(C(=O)NC1CCN2CCCC12)C(N)c1ccccc1. The molecular formula is C17H25N3O. The van der Waals surface area contributed by atoms with Gasteiger partial charge in [-0.05, 0) is 31.4 Å². The summed E-state index contributed by atoms with van der Waals surface area (Å²) in [6.07, 6.45) is 3.55. The topological polar surface area (TPSA) is 58.4 Å². The van der Waals surface area contributed by atoms with Gasteiger partial charge in [0, 0.05) is 24.7 Å². The molecule has 2 aliphatic heterocycles. The Bertz CT molecular complexity index is 490. The molecule has 1 aromatic rings. The van der Waals surface area contributed by atoms with Crippen molar-refractivity contribution in [1.82, 2.24) is 10.2 Å². The largest absolute Gasteiger partial charge is 0.351 e. The van der Waals surface area contributed by atoms with Crippen molar-refractivity contribution in [1.29, 1.82) is 0 Å². The summed E-state index contributed by atoms with van der Waals surface area (Å²) < 4.78 is 0. The van der Waals surface area contributed by atoms with Crippen LogP contribution in [0.25, 0.3) is 0 Å². The first-order valence-corrected chi connectivity index (χ1v) is 8.02. The van der Waals surface area contributed by atoms with E-state index >= 15 is 0 Å². The molecule has 2 aliphatic rings. The maximum atomic E-state index is 12.5. The number of rotatable bonds is 4. The molecule has 0 aromatic heterocycles. The molecular weight excluding hydrogens is 262 g/mol. The normalized spacial score (nSPS) is 28.1. The molecule has 2 saturated heterocycles. The molecule has 4 nitrogen and oxygen atoms in total. The molecule has 114 valence electrons. The summed E-state index contributed by atoms with van der Waals surface area (Å²) in [6, 6.07) is 10.5. The summed E-state index contributed by atoms with van der Waals surface area (Å²) in [4.78, 5) is 15.0. The average Bonchev–Trinajstić information content (AvgIpc) is 3.11. The van der Waals surface area contributed by atoms with Gasteiger partial charge in [0.2, 0.25) is 5.91 Å². The zero-order chi connectivity index (χ0) is 14.8. The predicted molar refractivity (Wildman–Crippen MR) is 83.7 cm³/mol. The number of amides is 1. The van der Waals surface area contributed by atoms with E-state index < -0.39 is 0 Å². The molecule has 0 spiro atoms. The molecule has 2 heterocycles. The Labute approximate surface area is 126 Å². The smallest absolute Gasteiger partial charge is 0.225 e. The van der Waals surface area contributed by atoms with Crippen molar-refractivity contribution in [3.63, 3.8) is 0 Å². The van der Waals surface area contributed by atoms with Gasteiger partial charge < -0.3 is 11.1 Å². The van der Waals surface area contributed by atoms with Crippen LogP contribution in [-0.4, -0.2) is 36.0 Å². The first-order chi connectivity index (χ1) is 10.2. The number of hydrogen-bond donors (Lipinski definition) is 2. The van der Waals surface area contributed by atoms with Gasteiger partial charge in [-0.2, -0.15) is 0 Å². The third-order valence-electron chi connectivity index (χ3n) is 5.07. The molecule has 4 unspecified atom stereocenters. The van der Waals surface area contributed by atoms with E-state index in [2.05, 4.69) is 10.2 Å². The van der Waals surface area contributed by atoms with Gasteiger partial charge in [-0.25, -0.2) is 0 Å². The number of carbonyl (C=O) groups is 1. The first-order valence-electron chi connectivity index (χ1n) is 8.02. The second-order valence-electron chi connectivity index (χ2n) is 6.37. The molecule has 2 fully saturated rings. The highest BCUT2D eigenvalue weighted by molar-refractivity contribution is 5.79. The highest BCUT2D eigenvalue weighted by Gasteiger charge is 2.38. The van der Waals surface area contributed by atoms with E-state index in [4.69, 9.17) is 5.73 Å². The van der Waals surface area contributed by atoms with Gasteiger partial charge in [-0.1, -0.05) is 37.3 Å². The minimum absolute atomic E-state index is 0.0881. The third-order valence-corrected chi connectivity index (χ3v) is 5.07. The maximum absolute atomic E-state index is 12.5. The Balaban J connectivity index is 1.60. The first kappa shape index (κ1) is 14.5. The van der Waals surface area contributed by atoms with Gasteiger partial charge in [-0.3, -0.25) is 9.69 Å². The Kier molecular flexibility index (Phi) is 4.27. The lowest BCUT2D eigenvalue weighted by Crippen LogP contribution is -2.46. The van der Waals surface area contributed by atoms with Gasteiger partial charge in [0.25, 0.3) is 0 Å². The maximum Gasteiger partial charge on any atom is 0.225 e. The van der Waals surface area contributed by atoms with Crippen LogP contribution in [0.2, 0.25) is 0 Å². The fraction of sp³-hybridized carbons (Fsp3) is 0.588. The molecule has 0 aliphatic carbocycles. The number of hydrogen-bond acceptors (Lipinski definition) is 3. The van der Waals surface area contributed by atoms with Gasteiger partial charge in [0.15, 0.2) is 0 Å². The van der Waals surface area contributed by atoms with E-state index in [9.17, 15) is 4.79 Å². The lowest BCUT2D eigenvalue weighted by molar-refractivity contribution is -0.126. The van der Waals surface area contributed by atoms with Crippen LogP contribution in [0.1, 0.15) is 37.8 Å². The average molecular weight is 287 g/mol. The molecule has 3 N–H and O–H groups in total. The van der Waals surface area contributed by atoms with Crippen molar-refractivity contribution in [3.05, 3.63) is 35.9 Å². The van der Waals surface area contributed by atoms with Crippen LogP contribution in [0, 0.1) is 5.92 Å². The van der Waals surface area contributed by atoms with E-state index in [1.165, 1.54) is 19.4 Å². The summed E-state index contributed by atoms with van der Waals surface area (Å²) in [7, 11) is 0. The second kappa shape index (κ2) is 6.16. The van der Waals surface area contributed by atoms with Crippen molar-refractivity contribution in [2.45, 2.75) is 44.3 Å². The third kappa shape index (κ3) is 2.97. The molecule has 4 heteroatoms. The predicted octanol–water partition coefficient (Wildman–Crippen LogP) is 1.68. The zero-order valence-electron chi connectivity index (χ0n) is 12.7. The van der Waals surface area contributed by atoms with E-state index in [1.54, 1.807) is 0 Å².